The second-order valence-corrected chi connectivity index (χ2v) is 4.31. The van der Waals surface area contributed by atoms with Crippen molar-refractivity contribution in [1.82, 2.24) is 4.98 Å². The van der Waals surface area contributed by atoms with Crippen LogP contribution >= 0.6 is 11.3 Å². The van der Waals surface area contributed by atoms with Crippen molar-refractivity contribution >= 4 is 17.3 Å². The molecule has 0 aliphatic rings. The number of nitrogens with zero attached hydrogens (tertiary/aromatic N) is 1. The molecule has 1 aromatic rings. The molecule has 0 radical (unpaired) electrons. The summed E-state index contributed by atoms with van der Waals surface area (Å²) in [5, 5.41) is 7.87. The van der Waals surface area contributed by atoms with Crippen LogP contribution < -0.4 is 0 Å². The van der Waals surface area contributed by atoms with E-state index in [9.17, 15) is 18.0 Å². The summed E-state index contributed by atoms with van der Waals surface area (Å²) in [6, 6.07) is 0. The number of hydrogen-bond donors (Lipinski definition) is 1. The van der Waals surface area contributed by atoms with Gasteiger partial charge >= 0.3 is 12.1 Å². The third-order valence-corrected chi connectivity index (χ3v) is 3.14. The molecular formula is C9H10F3NO2S. The zero-order valence-corrected chi connectivity index (χ0v) is 9.23. The van der Waals surface area contributed by atoms with Crippen LogP contribution in [-0.4, -0.2) is 16.1 Å². The summed E-state index contributed by atoms with van der Waals surface area (Å²) in [6.07, 6.45) is -2.59. The predicted molar refractivity (Wildman–Crippen MR) is 52.4 cm³/mol. The van der Waals surface area contributed by atoms with Crippen LogP contribution in [0.1, 0.15) is 35.6 Å². The number of alkyl halides is 3. The zero-order chi connectivity index (χ0) is 12.3. The lowest BCUT2D eigenvalue weighted by Gasteiger charge is -2.07. The van der Waals surface area contributed by atoms with Crippen LogP contribution in [0.5, 0.6) is 0 Å². The Hall–Kier alpha value is -1.11. The number of carboxylic acids is 1. The molecule has 1 N–H and O–H groups in total. The van der Waals surface area contributed by atoms with Crippen molar-refractivity contribution in [3.05, 3.63) is 16.1 Å². The summed E-state index contributed by atoms with van der Waals surface area (Å²) in [5.41, 5.74) is 0. The van der Waals surface area contributed by atoms with E-state index in [1.807, 2.05) is 0 Å². The van der Waals surface area contributed by atoms with Gasteiger partial charge in [-0.15, -0.1) is 11.3 Å². The molecule has 0 aliphatic carbocycles. The Kier molecular flexibility index (Phi) is 3.90. The predicted octanol–water partition coefficient (Wildman–Crippen LogP) is 3.13. The molecule has 1 atom stereocenters. The Balaban J connectivity index is 2.95. The number of aliphatic carboxylic acids is 1. The van der Waals surface area contributed by atoms with Crippen LogP contribution in [0.15, 0.2) is 6.20 Å². The van der Waals surface area contributed by atoms with Gasteiger partial charge in [-0.1, -0.05) is 13.3 Å². The number of thiazole rings is 1. The summed E-state index contributed by atoms with van der Waals surface area (Å²) >= 11 is 0.399. The Morgan fingerprint density at radius 3 is 2.62 bits per heavy atom. The van der Waals surface area contributed by atoms with E-state index in [0.29, 0.717) is 24.2 Å². The Bertz CT molecular complexity index is 375. The third kappa shape index (κ3) is 2.94. The molecule has 1 unspecified atom stereocenters. The van der Waals surface area contributed by atoms with Gasteiger partial charge in [-0.05, 0) is 6.42 Å². The fourth-order valence-corrected chi connectivity index (χ4v) is 2.17. The number of carbonyl (C=O) groups is 1. The van der Waals surface area contributed by atoms with Gasteiger partial charge in [0.2, 0.25) is 0 Å². The first-order valence-corrected chi connectivity index (χ1v) is 5.43. The van der Waals surface area contributed by atoms with Crippen LogP contribution in [-0.2, 0) is 11.0 Å². The van der Waals surface area contributed by atoms with Gasteiger partial charge in [-0.25, -0.2) is 4.98 Å². The van der Waals surface area contributed by atoms with Gasteiger partial charge in [-0.2, -0.15) is 13.2 Å². The van der Waals surface area contributed by atoms with E-state index >= 15 is 0 Å². The molecule has 1 rings (SSSR count). The maximum Gasteiger partial charge on any atom is 0.443 e. The fraction of sp³-hybridized carbons (Fsp3) is 0.556. The second-order valence-electron chi connectivity index (χ2n) is 3.25. The maximum atomic E-state index is 12.3. The zero-order valence-electron chi connectivity index (χ0n) is 8.41. The minimum atomic E-state index is -4.50. The van der Waals surface area contributed by atoms with Gasteiger partial charge < -0.3 is 5.11 Å². The summed E-state index contributed by atoms with van der Waals surface area (Å²) in [4.78, 5) is 14.2. The summed E-state index contributed by atoms with van der Waals surface area (Å²) in [7, 11) is 0. The van der Waals surface area contributed by atoms with Crippen LogP contribution in [0.2, 0.25) is 0 Å². The van der Waals surface area contributed by atoms with Crippen molar-refractivity contribution in [3.63, 3.8) is 0 Å². The van der Waals surface area contributed by atoms with Crippen molar-refractivity contribution in [2.24, 2.45) is 0 Å². The highest BCUT2D eigenvalue weighted by Gasteiger charge is 2.36. The van der Waals surface area contributed by atoms with Crippen molar-refractivity contribution in [1.29, 1.82) is 0 Å². The number of rotatable bonds is 4. The van der Waals surface area contributed by atoms with E-state index in [0.717, 1.165) is 6.20 Å². The molecule has 0 spiro atoms. The molecule has 0 saturated carbocycles. The van der Waals surface area contributed by atoms with Crippen LogP contribution in [0.25, 0.3) is 0 Å². The molecule has 7 heteroatoms. The number of carboxylic acid groups (broad SMARTS) is 1. The van der Waals surface area contributed by atoms with Crippen molar-refractivity contribution < 1.29 is 23.1 Å². The monoisotopic (exact) mass is 253 g/mol. The Morgan fingerprint density at radius 2 is 2.25 bits per heavy atom. The molecule has 0 bridgehead atoms. The number of halogens is 3. The van der Waals surface area contributed by atoms with Gasteiger partial charge in [0.15, 0.2) is 5.01 Å². The van der Waals surface area contributed by atoms with Crippen molar-refractivity contribution in [3.8, 4) is 0 Å². The van der Waals surface area contributed by atoms with Gasteiger partial charge in [-0.3, -0.25) is 4.79 Å². The standard InChI is InChI=1S/C9H10F3NO2S/c1-2-3-5(7(14)15)6-4-13-8(16-6)9(10,11)12/h4-5H,2-3H2,1H3,(H,14,15). The van der Waals surface area contributed by atoms with Crippen molar-refractivity contribution in [2.45, 2.75) is 31.9 Å². The molecule has 0 aliphatic heterocycles. The van der Waals surface area contributed by atoms with E-state index in [1.165, 1.54) is 0 Å². The van der Waals surface area contributed by atoms with Gasteiger partial charge in [0.25, 0.3) is 0 Å². The van der Waals surface area contributed by atoms with Gasteiger partial charge in [0.1, 0.15) is 0 Å². The number of hydrogen-bond acceptors (Lipinski definition) is 3. The fourth-order valence-electron chi connectivity index (χ4n) is 1.25. The smallest absolute Gasteiger partial charge is 0.443 e. The molecular weight excluding hydrogens is 243 g/mol. The molecule has 16 heavy (non-hydrogen) atoms. The van der Waals surface area contributed by atoms with E-state index in [-0.39, 0.29) is 4.88 Å². The normalized spacial score (nSPS) is 13.8. The first-order valence-electron chi connectivity index (χ1n) is 4.62. The van der Waals surface area contributed by atoms with Gasteiger partial charge in [0.05, 0.1) is 5.92 Å². The molecule has 3 nitrogen and oxygen atoms in total. The second kappa shape index (κ2) is 4.82. The minimum absolute atomic E-state index is 0.154. The van der Waals surface area contributed by atoms with Crippen LogP contribution in [0, 0.1) is 0 Å². The third-order valence-electron chi connectivity index (χ3n) is 1.98. The van der Waals surface area contributed by atoms with E-state index in [2.05, 4.69) is 4.98 Å². The first-order chi connectivity index (χ1) is 7.36. The largest absolute Gasteiger partial charge is 0.481 e. The van der Waals surface area contributed by atoms with Gasteiger partial charge in [0, 0.05) is 11.1 Å². The molecule has 1 aromatic heterocycles. The topological polar surface area (TPSA) is 50.2 Å². The van der Waals surface area contributed by atoms with Crippen LogP contribution in [0.4, 0.5) is 13.2 Å². The molecule has 0 amide bonds. The van der Waals surface area contributed by atoms with Crippen LogP contribution in [0.3, 0.4) is 0 Å². The quantitative estimate of drug-likeness (QED) is 0.896. The maximum absolute atomic E-state index is 12.3. The molecule has 1 heterocycles. The summed E-state index contributed by atoms with van der Waals surface area (Å²) in [5.74, 6) is -2.00. The highest BCUT2D eigenvalue weighted by Crippen LogP contribution is 2.35. The summed E-state index contributed by atoms with van der Waals surface area (Å²) in [6.45, 7) is 1.78. The number of aromatic nitrogens is 1. The molecule has 0 saturated heterocycles. The lowest BCUT2D eigenvalue weighted by molar-refractivity contribution is -0.139. The summed E-state index contributed by atoms with van der Waals surface area (Å²) < 4.78 is 36.8. The highest BCUT2D eigenvalue weighted by molar-refractivity contribution is 7.11. The average Bonchev–Trinajstić information content (AvgIpc) is 2.61. The SMILES string of the molecule is CCCC(C(=O)O)c1cnc(C(F)(F)F)s1. The van der Waals surface area contributed by atoms with Crippen molar-refractivity contribution in [2.75, 3.05) is 0 Å². The van der Waals surface area contributed by atoms with E-state index in [4.69, 9.17) is 5.11 Å². The molecule has 90 valence electrons. The Labute approximate surface area is 93.9 Å². The van der Waals surface area contributed by atoms with E-state index in [1.54, 1.807) is 6.92 Å². The van der Waals surface area contributed by atoms with E-state index < -0.39 is 23.1 Å². The molecule has 0 fully saturated rings. The highest BCUT2D eigenvalue weighted by atomic mass is 32.1. The Morgan fingerprint density at radius 1 is 1.62 bits per heavy atom. The minimum Gasteiger partial charge on any atom is -0.481 e. The average molecular weight is 253 g/mol. The lowest BCUT2D eigenvalue weighted by Crippen LogP contribution is -2.09. The lowest BCUT2D eigenvalue weighted by atomic mass is 10.0. The molecule has 0 aromatic carbocycles. The first kappa shape index (κ1) is 13.0.